The smallest absolute Gasteiger partial charge is 0.0116 e. The normalized spacial score (nSPS) is 24.4. The molecule has 0 spiro atoms. The third-order valence-corrected chi connectivity index (χ3v) is 5.97. The topological polar surface area (TPSA) is 3.24 Å². The number of hydrogen-bond acceptors (Lipinski definition) is 2. The summed E-state index contributed by atoms with van der Waals surface area (Å²) in [6.45, 7) is 15.6. The lowest BCUT2D eigenvalue weighted by Gasteiger charge is -2.34. The van der Waals surface area contributed by atoms with E-state index in [9.17, 15) is 0 Å². The highest BCUT2D eigenvalue weighted by Gasteiger charge is 2.28. The zero-order chi connectivity index (χ0) is 13.1. The van der Waals surface area contributed by atoms with Crippen LogP contribution in [0, 0.1) is 11.3 Å². The molecule has 0 aliphatic carbocycles. The minimum Gasteiger partial charge on any atom is -0.302 e. The SMILES string of the molecule is CC1(C)CCN(CC(CBr)C(C)(C)C)CCS1. The van der Waals surface area contributed by atoms with E-state index in [0.29, 0.717) is 10.2 Å². The highest BCUT2D eigenvalue weighted by Crippen LogP contribution is 2.33. The predicted octanol–water partition coefficient (Wildman–Crippen LogP) is 4.26. The lowest BCUT2D eigenvalue weighted by Crippen LogP contribution is -2.38. The van der Waals surface area contributed by atoms with Crippen LogP contribution in [0.1, 0.15) is 41.0 Å². The van der Waals surface area contributed by atoms with Crippen LogP contribution in [0.15, 0.2) is 0 Å². The Labute approximate surface area is 120 Å². The fourth-order valence-corrected chi connectivity index (χ4v) is 4.42. The van der Waals surface area contributed by atoms with Crippen molar-refractivity contribution in [2.24, 2.45) is 11.3 Å². The first-order chi connectivity index (χ1) is 7.74. The fourth-order valence-electron chi connectivity index (χ4n) is 2.11. The average Bonchev–Trinajstić information content (AvgIpc) is 2.34. The Morgan fingerprint density at radius 3 is 2.47 bits per heavy atom. The lowest BCUT2D eigenvalue weighted by atomic mass is 9.81. The van der Waals surface area contributed by atoms with Gasteiger partial charge in [0.15, 0.2) is 0 Å². The van der Waals surface area contributed by atoms with E-state index in [1.807, 2.05) is 0 Å². The van der Waals surface area contributed by atoms with Gasteiger partial charge in [0.05, 0.1) is 0 Å². The third kappa shape index (κ3) is 5.52. The maximum absolute atomic E-state index is 3.69. The summed E-state index contributed by atoms with van der Waals surface area (Å²) in [6, 6.07) is 0. The van der Waals surface area contributed by atoms with Gasteiger partial charge in [-0.25, -0.2) is 0 Å². The zero-order valence-electron chi connectivity index (χ0n) is 12.1. The summed E-state index contributed by atoms with van der Waals surface area (Å²) in [4.78, 5) is 2.67. The number of nitrogens with zero attached hydrogens (tertiary/aromatic N) is 1. The second-order valence-corrected chi connectivity index (χ2v) is 9.33. The molecule has 1 fully saturated rings. The van der Waals surface area contributed by atoms with E-state index in [1.54, 1.807) is 0 Å². The first-order valence-corrected chi connectivity index (χ1v) is 8.77. The van der Waals surface area contributed by atoms with Crippen LogP contribution in [0.4, 0.5) is 0 Å². The van der Waals surface area contributed by atoms with E-state index in [-0.39, 0.29) is 0 Å². The van der Waals surface area contributed by atoms with Crippen molar-refractivity contribution in [1.29, 1.82) is 0 Å². The molecule has 17 heavy (non-hydrogen) atoms. The van der Waals surface area contributed by atoms with E-state index in [2.05, 4.69) is 67.2 Å². The van der Waals surface area contributed by atoms with Crippen LogP contribution in [0.5, 0.6) is 0 Å². The summed E-state index contributed by atoms with van der Waals surface area (Å²) in [7, 11) is 0. The molecule has 0 aromatic heterocycles. The van der Waals surface area contributed by atoms with Gasteiger partial charge in [0.2, 0.25) is 0 Å². The fraction of sp³-hybridized carbons (Fsp3) is 1.00. The minimum atomic E-state index is 0.401. The van der Waals surface area contributed by atoms with Crippen molar-refractivity contribution in [3.63, 3.8) is 0 Å². The first kappa shape index (κ1) is 15.8. The number of thioether (sulfide) groups is 1. The van der Waals surface area contributed by atoms with Crippen LogP contribution >= 0.6 is 27.7 Å². The summed E-state index contributed by atoms with van der Waals surface area (Å²) in [5, 5.41) is 1.11. The average molecular weight is 322 g/mol. The lowest BCUT2D eigenvalue weighted by molar-refractivity contribution is 0.170. The van der Waals surface area contributed by atoms with Crippen molar-refractivity contribution in [1.82, 2.24) is 4.90 Å². The number of hydrogen-bond donors (Lipinski definition) is 0. The monoisotopic (exact) mass is 321 g/mol. The van der Waals surface area contributed by atoms with Gasteiger partial charge in [-0.2, -0.15) is 11.8 Å². The van der Waals surface area contributed by atoms with Gasteiger partial charge in [-0.15, -0.1) is 0 Å². The van der Waals surface area contributed by atoms with Crippen molar-refractivity contribution in [2.45, 2.75) is 45.8 Å². The van der Waals surface area contributed by atoms with Crippen LogP contribution in [0.25, 0.3) is 0 Å². The first-order valence-electron chi connectivity index (χ1n) is 6.67. The van der Waals surface area contributed by atoms with Crippen LogP contribution in [-0.4, -0.2) is 40.4 Å². The molecule has 1 aliphatic rings. The molecule has 3 heteroatoms. The second kappa shape index (κ2) is 6.29. The summed E-state index contributed by atoms with van der Waals surface area (Å²) in [5.74, 6) is 2.03. The molecular formula is C14H28BrNS. The Bertz CT molecular complexity index is 235. The van der Waals surface area contributed by atoms with E-state index in [1.165, 1.54) is 31.8 Å². The van der Waals surface area contributed by atoms with Crippen molar-refractivity contribution >= 4 is 27.7 Å². The number of alkyl halides is 1. The Hall–Kier alpha value is 0.790. The van der Waals surface area contributed by atoms with E-state index < -0.39 is 0 Å². The van der Waals surface area contributed by atoms with Crippen molar-refractivity contribution in [2.75, 3.05) is 30.7 Å². The molecule has 0 radical (unpaired) electrons. The van der Waals surface area contributed by atoms with Gasteiger partial charge in [0.1, 0.15) is 0 Å². The number of rotatable bonds is 3. The maximum atomic E-state index is 3.69. The molecule has 0 N–H and O–H groups in total. The highest BCUT2D eigenvalue weighted by atomic mass is 79.9. The largest absolute Gasteiger partial charge is 0.302 e. The van der Waals surface area contributed by atoms with Gasteiger partial charge in [0, 0.05) is 28.9 Å². The third-order valence-electron chi connectivity index (χ3n) is 3.82. The van der Waals surface area contributed by atoms with Gasteiger partial charge in [0.25, 0.3) is 0 Å². The Morgan fingerprint density at radius 2 is 1.94 bits per heavy atom. The molecule has 0 amide bonds. The summed E-state index contributed by atoms with van der Waals surface area (Å²) < 4.78 is 0.473. The second-order valence-electron chi connectivity index (χ2n) is 6.88. The molecule has 1 heterocycles. The Kier molecular flexibility index (Phi) is 5.87. The van der Waals surface area contributed by atoms with E-state index in [4.69, 9.17) is 0 Å². The zero-order valence-corrected chi connectivity index (χ0v) is 14.5. The van der Waals surface area contributed by atoms with Crippen LogP contribution < -0.4 is 0 Å². The molecule has 1 atom stereocenters. The summed E-state index contributed by atoms with van der Waals surface area (Å²) >= 11 is 5.82. The van der Waals surface area contributed by atoms with Gasteiger partial charge in [-0.05, 0) is 24.3 Å². The van der Waals surface area contributed by atoms with Crippen LogP contribution in [-0.2, 0) is 0 Å². The van der Waals surface area contributed by atoms with Crippen molar-refractivity contribution in [3.8, 4) is 0 Å². The molecule has 0 aromatic carbocycles. The highest BCUT2D eigenvalue weighted by molar-refractivity contribution is 9.09. The van der Waals surface area contributed by atoms with Gasteiger partial charge >= 0.3 is 0 Å². The Balaban J connectivity index is 2.51. The Morgan fingerprint density at radius 1 is 1.29 bits per heavy atom. The predicted molar refractivity (Wildman–Crippen MR) is 84.3 cm³/mol. The van der Waals surface area contributed by atoms with Gasteiger partial charge < -0.3 is 4.90 Å². The molecule has 0 aromatic rings. The van der Waals surface area contributed by atoms with Gasteiger partial charge in [-0.1, -0.05) is 50.5 Å². The molecule has 102 valence electrons. The molecule has 1 saturated heterocycles. The molecular weight excluding hydrogens is 294 g/mol. The molecule has 1 aliphatic heterocycles. The molecule has 0 bridgehead atoms. The summed E-state index contributed by atoms with van der Waals surface area (Å²) in [5.41, 5.74) is 0.401. The van der Waals surface area contributed by atoms with Crippen LogP contribution in [0.3, 0.4) is 0 Å². The molecule has 1 unspecified atom stereocenters. The summed E-state index contributed by atoms with van der Waals surface area (Å²) in [6.07, 6.45) is 1.32. The molecule has 1 nitrogen and oxygen atoms in total. The molecule has 0 saturated carbocycles. The van der Waals surface area contributed by atoms with Crippen molar-refractivity contribution < 1.29 is 0 Å². The molecule has 1 rings (SSSR count). The number of halogens is 1. The van der Waals surface area contributed by atoms with Crippen LogP contribution in [0.2, 0.25) is 0 Å². The van der Waals surface area contributed by atoms with E-state index in [0.717, 1.165) is 11.2 Å². The van der Waals surface area contributed by atoms with E-state index >= 15 is 0 Å². The van der Waals surface area contributed by atoms with Gasteiger partial charge in [-0.3, -0.25) is 0 Å². The quantitative estimate of drug-likeness (QED) is 0.714. The standard InChI is InChI=1S/C14H28BrNS/c1-13(2,3)12(10-15)11-16-7-6-14(4,5)17-9-8-16/h12H,6-11H2,1-5H3. The van der Waals surface area contributed by atoms with Crippen molar-refractivity contribution in [3.05, 3.63) is 0 Å². The maximum Gasteiger partial charge on any atom is 0.0116 e. The minimum absolute atomic E-state index is 0.401.